The zero-order valence-corrected chi connectivity index (χ0v) is 13.5. The summed E-state index contributed by atoms with van der Waals surface area (Å²) in [5.41, 5.74) is 0.803. The number of rotatable bonds is 2. The third-order valence-corrected chi connectivity index (χ3v) is 4.62. The van der Waals surface area contributed by atoms with E-state index in [9.17, 15) is 4.79 Å². The average Bonchev–Trinajstić information content (AvgIpc) is 2.47. The molecule has 0 bridgehead atoms. The maximum atomic E-state index is 12.3. The fourth-order valence-electron chi connectivity index (χ4n) is 3.56. The van der Waals surface area contributed by atoms with Crippen molar-refractivity contribution in [1.29, 1.82) is 0 Å². The minimum atomic E-state index is -0.267. The molecule has 1 aliphatic carbocycles. The molecule has 1 atom stereocenters. The topological polar surface area (TPSA) is 50.4 Å². The van der Waals surface area contributed by atoms with Gasteiger partial charge in [-0.3, -0.25) is 0 Å². The first kappa shape index (κ1) is 15.2. The summed E-state index contributed by atoms with van der Waals surface area (Å²) in [5.74, 6) is 0.877. The highest BCUT2D eigenvalue weighted by molar-refractivity contribution is 5.75. The van der Waals surface area contributed by atoms with E-state index in [1.165, 1.54) is 19.3 Å². The Bertz CT molecular complexity index is 536. The molecule has 4 heteroatoms. The van der Waals surface area contributed by atoms with Gasteiger partial charge >= 0.3 is 6.03 Å². The van der Waals surface area contributed by atoms with Crippen LogP contribution in [0.3, 0.4) is 0 Å². The number of carbonyl (C=O) groups is 1. The van der Waals surface area contributed by atoms with Crippen LogP contribution in [-0.4, -0.2) is 17.7 Å². The maximum absolute atomic E-state index is 12.3. The SMILES string of the molecule is CC1(C)C[C@@H](NC(=O)NC2CCCCC2)c2ccccc2O1. The van der Waals surface area contributed by atoms with Crippen molar-refractivity contribution in [3.05, 3.63) is 29.8 Å². The van der Waals surface area contributed by atoms with Gasteiger partial charge in [0.05, 0.1) is 6.04 Å². The predicted octanol–water partition coefficient (Wildman–Crippen LogP) is 3.92. The van der Waals surface area contributed by atoms with Crippen molar-refractivity contribution in [2.45, 2.75) is 70.1 Å². The van der Waals surface area contributed by atoms with Gasteiger partial charge in [-0.2, -0.15) is 0 Å². The third-order valence-electron chi connectivity index (χ3n) is 4.62. The lowest BCUT2D eigenvalue weighted by Crippen LogP contribution is -2.47. The van der Waals surface area contributed by atoms with Crippen molar-refractivity contribution in [3.63, 3.8) is 0 Å². The molecule has 0 unspecified atom stereocenters. The second-order valence-electron chi connectivity index (χ2n) is 7.11. The van der Waals surface area contributed by atoms with Gasteiger partial charge in [0, 0.05) is 18.0 Å². The first-order valence-corrected chi connectivity index (χ1v) is 8.38. The van der Waals surface area contributed by atoms with E-state index in [1.54, 1.807) is 0 Å². The fourth-order valence-corrected chi connectivity index (χ4v) is 3.56. The molecule has 0 saturated heterocycles. The van der Waals surface area contributed by atoms with Crippen LogP contribution in [-0.2, 0) is 0 Å². The van der Waals surface area contributed by atoms with E-state index >= 15 is 0 Å². The lowest BCUT2D eigenvalue weighted by Gasteiger charge is -2.38. The van der Waals surface area contributed by atoms with Crippen LogP contribution in [0.15, 0.2) is 24.3 Å². The molecule has 1 aromatic carbocycles. The monoisotopic (exact) mass is 302 g/mol. The summed E-state index contributed by atoms with van der Waals surface area (Å²) < 4.78 is 6.01. The van der Waals surface area contributed by atoms with Gasteiger partial charge in [-0.05, 0) is 32.8 Å². The van der Waals surface area contributed by atoms with Crippen LogP contribution >= 0.6 is 0 Å². The van der Waals surface area contributed by atoms with E-state index in [0.717, 1.165) is 30.6 Å². The highest BCUT2D eigenvalue weighted by Gasteiger charge is 2.34. The number of fused-ring (bicyclic) bond motifs is 1. The second kappa shape index (κ2) is 6.19. The smallest absolute Gasteiger partial charge is 0.315 e. The molecule has 0 spiro atoms. The zero-order valence-electron chi connectivity index (χ0n) is 13.5. The molecule has 0 radical (unpaired) electrons. The Labute approximate surface area is 132 Å². The molecule has 2 amide bonds. The van der Waals surface area contributed by atoms with E-state index in [-0.39, 0.29) is 17.7 Å². The Morgan fingerprint density at radius 3 is 2.64 bits per heavy atom. The fraction of sp³-hybridized carbons (Fsp3) is 0.611. The van der Waals surface area contributed by atoms with Crippen LogP contribution in [0.4, 0.5) is 4.79 Å². The van der Waals surface area contributed by atoms with E-state index in [0.29, 0.717) is 6.04 Å². The standard InChI is InChI=1S/C18H26N2O2/c1-18(2)12-15(14-10-6-7-11-16(14)22-18)20-17(21)19-13-8-4-3-5-9-13/h6-7,10-11,13,15H,3-5,8-9,12H2,1-2H3,(H2,19,20,21)/t15-/m1/s1. The van der Waals surface area contributed by atoms with Gasteiger partial charge in [0.1, 0.15) is 11.4 Å². The Balaban J connectivity index is 1.67. The minimum Gasteiger partial charge on any atom is -0.487 e. The normalized spacial score (nSPS) is 24.0. The minimum absolute atomic E-state index is 0.00328. The van der Waals surface area contributed by atoms with Crippen LogP contribution < -0.4 is 15.4 Å². The summed E-state index contributed by atoms with van der Waals surface area (Å²) in [5, 5.41) is 6.28. The molecule has 1 fully saturated rings. The van der Waals surface area contributed by atoms with Crippen molar-refractivity contribution in [2.24, 2.45) is 0 Å². The second-order valence-corrected chi connectivity index (χ2v) is 7.11. The number of benzene rings is 1. The molecule has 1 heterocycles. The average molecular weight is 302 g/mol. The summed E-state index contributed by atoms with van der Waals surface area (Å²) in [4.78, 5) is 12.3. The number of hydrogen-bond donors (Lipinski definition) is 2. The molecule has 1 saturated carbocycles. The van der Waals surface area contributed by atoms with Gasteiger partial charge in [-0.1, -0.05) is 37.5 Å². The number of nitrogens with one attached hydrogen (secondary N) is 2. The zero-order chi connectivity index (χ0) is 15.6. The first-order chi connectivity index (χ1) is 10.5. The summed E-state index contributed by atoms with van der Waals surface area (Å²) in [6.45, 7) is 4.13. The molecule has 3 rings (SSSR count). The molecule has 1 aliphatic heterocycles. The third kappa shape index (κ3) is 3.54. The Hall–Kier alpha value is -1.71. The lowest BCUT2D eigenvalue weighted by atomic mass is 9.90. The summed E-state index contributed by atoms with van der Waals surface area (Å²) in [6.07, 6.45) is 6.71. The Morgan fingerprint density at radius 1 is 1.14 bits per heavy atom. The van der Waals surface area contributed by atoms with Gasteiger partial charge in [0.15, 0.2) is 0 Å². The Morgan fingerprint density at radius 2 is 1.86 bits per heavy atom. The van der Waals surface area contributed by atoms with E-state index in [1.807, 2.05) is 24.3 Å². The number of carbonyl (C=O) groups excluding carboxylic acids is 1. The number of hydrogen-bond acceptors (Lipinski definition) is 2. The number of para-hydroxylation sites is 1. The van der Waals surface area contributed by atoms with Gasteiger partial charge in [-0.15, -0.1) is 0 Å². The predicted molar refractivity (Wildman–Crippen MR) is 87.0 cm³/mol. The molecule has 22 heavy (non-hydrogen) atoms. The molecular formula is C18H26N2O2. The molecule has 2 aliphatic rings. The molecule has 2 N–H and O–H groups in total. The number of urea groups is 1. The van der Waals surface area contributed by atoms with Gasteiger partial charge in [0.2, 0.25) is 0 Å². The van der Waals surface area contributed by atoms with Crippen molar-refractivity contribution in [3.8, 4) is 5.75 Å². The van der Waals surface area contributed by atoms with E-state index < -0.39 is 0 Å². The molecule has 120 valence electrons. The van der Waals surface area contributed by atoms with Crippen molar-refractivity contribution < 1.29 is 9.53 Å². The number of amides is 2. The lowest BCUT2D eigenvalue weighted by molar-refractivity contribution is 0.0677. The molecule has 0 aromatic heterocycles. The highest BCUT2D eigenvalue weighted by atomic mass is 16.5. The molecular weight excluding hydrogens is 276 g/mol. The summed E-state index contributed by atoms with van der Waals surface area (Å²) >= 11 is 0. The van der Waals surface area contributed by atoms with Crippen LogP contribution in [0, 0.1) is 0 Å². The summed E-state index contributed by atoms with van der Waals surface area (Å²) in [6, 6.07) is 8.26. The highest BCUT2D eigenvalue weighted by Crippen LogP contribution is 2.39. The first-order valence-electron chi connectivity index (χ1n) is 8.38. The van der Waals surface area contributed by atoms with Crippen molar-refractivity contribution in [1.82, 2.24) is 10.6 Å². The van der Waals surface area contributed by atoms with Crippen LogP contribution in [0.2, 0.25) is 0 Å². The Kier molecular flexibility index (Phi) is 4.27. The van der Waals surface area contributed by atoms with E-state index in [2.05, 4.69) is 24.5 Å². The maximum Gasteiger partial charge on any atom is 0.315 e. The van der Waals surface area contributed by atoms with Gasteiger partial charge < -0.3 is 15.4 Å². The molecule has 1 aromatic rings. The van der Waals surface area contributed by atoms with Gasteiger partial charge in [0.25, 0.3) is 0 Å². The van der Waals surface area contributed by atoms with Gasteiger partial charge in [-0.25, -0.2) is 4.79 Å². The quantitative estimate of drug-likeness (QED) is 0.870. The molecule has 4 nitrogen and oxygen atoms in total. The van der Waals surface area contributed by atoms with Crippen LogP contribution in [0.1, 0.15) is 64.0 Å². The van der Waals surface area contributed by atoms with E-state index in [4.69, 9.17) is 4.74 Å². The van der Waals surface area contributed by atoms with Crippen molar-refractivity contribution in [2.75, 3.05) is 0 Å². The summed E-state index contributed by atoms with van der Waals surface area (Å²) in [7, 11) is 0. The van der Waals surface area contributed by atoms with Crippen LogP contribution in [0.25, 0.3) is 0 Å². The largest absolute Gasteiger partial charge is 0.487 e. The number of ether oxygens (including phenoxy) is 1. The van der Waals surface area contributed by atoms with Crippen LogP contribution in [0.5, 0.6) is 5.75 Å². The van der Waals surface area contributed by atoms with Crippen molar-refractivity contribution >= 4 is 6.03 Å².